The topological polar surface area (TPSA) is 287 Å². The molecule has 77 heteroatoms. The Morgan fingerprint density at radius 1 is 0.308 bits per heavy atom. The summed E-state index contributed by atoms with van der Waals surface area (Å²) in [6.45, 7) is 6.13. The fourth-order valence-corrected chi connectivity index (χ4v) is 3.91. The summed E-state index contributed by atoms with van der Waals surface area (Å²) in [5.41, 5.74) is 0. The van der Waals surface area contributed by atoms with E-state index in [1.165, 1.54) is 18.9 Å². The Bertz CT molecular complexity index is 2970. The third kappa shape index (κ3) is 31.7. The lowest BCUT2D eigenvalue weighted by atomic mass is 10.2. The van der Waals surface area contributed by atoms with E-state index in [9.17, 15) is 268 Å². The van der Waals surface area contributed by atoms with Crippen molar-refractivity contribution in [2.45, 2.75) is 205 Å². The quantitative estimate of drug-likeness (QED) is 0.0229. The average Bonchev–Trinajstić information content (AvgIpc) is 0.746. The van der Waals surface area contributed by atoms with E-state index in [4.69, 9.17) is 26.0 Å². The highest BCUT2D eigenvalue weighted by Crippen LogP contribution is 2.61. The Kier molecular flexibility index (Phi) is 47.9. The molecule has 0 aliphatic rings. The lowest BCUT2D eigenvalue weighted by Crippen LogP contribution is -2.66. The summed E-state index contributed by atoms with van der Waals surface area (Å²) in [4.78, 5) is 0. The first-order chi connectivity index (χ1) is 48.9. The minimum absolute atomic E-state index is 0. The van der Waals surface area contributed by atoms with Crippen LogP contribution in [0.4, 0.5) is 268 Å². The van der Waals surface area contributed by atoms with Crippen LogP contribution in [0.25, 0.3) is 0 Å². The molecule has 0 aromatic heterocycles. The van der Waals surface area contributed by atoms with E-state index < -0.39 is 195 Å². The van der Waals surface area contributed by atoms with Gasteiger partial charge in [-0.1, -0.05) is 6.92 Å². The van der Waals surface area contributed by atoms with Gasteiger partial charge in [-0.05, 0) is 20.8 Å². The van der Waals surface area contributed by atoms with Gasteiger partial charge < -0.3 is 38.5 Å². The first-order valence-electron chi connectivity index (χ1n) is 24.7. The minimum atomic E-state index is -7.68. The Morgan fingerprint density at radius 3 is 0.641 bits per heavy atom. The number of hydrogen-bond acceptors (Lipinski definition) is 16. The summed E-state index contributed by atoms with van der Waals surface area (Å²) >= 11 is 0. The van der Waals surface area contributed by atoms with Crippen molar-refractivity contribution in [2.24, 2.45) is 0 Å². The van der Waals surface area contributed by atoms with Gasteiger partial charge in [0.05, 0.1) is 0 Å². The molecule has 7 unspecified atom stereocenters. The lowest BCUT2D eigenvalue weighted by Gasteiger charge is -2.38. The number of rotatable bonds is 27. The van der Waals surface area contributed by atoms with Gasteiger partial charge in [0.2, 0.25) is 5.97 Å². The van der Waals surface area contributed by atoms with Crippen LogP contribution in [-0.2, 0) is 37.9 Å². The Labute approximate surface area is 599 Å². The third-order valence-corrected chi connectivity index (χ3v) is 9.14. The molecular formula is C40H36F61N5O11. The van der Waals surface area contributed by atoms with E-state index in [0.717, 1.165) is 0 Å². The van der Waals surface area contributed by atoms with Crippen LogP contribution in [0, 0.1) is 16.7 Å². The van der Waals surface area contributed by atoms with E-state index in [2.05, 4.69) is 14.2 Å². The lowest BCUT2D eigenvalue weighted by molar-refractivity contribution is -0.541. The van der Waals surface area contributed by atoms with Gasteiger partial charge in [-0.25, -0.2) is 17.6 Å². The van der Waals surface area contributed by atoms with Crippen molar-refractivity contribution in [3.05, 3.63) is 12.1 Å². The predicted octanol–water partition coefficient (Wildman–Crippen LogP) is 21.4. The van der Waals surface area contributed by atoms with Crippen LogP contribution in [-0.4, -0.2) is 211 Å². The van der Waals surface area contributed by atoms with Gasteiger partial charge in [0.15, 0.2) is 0 Å². The highest BCUT2D eigenvalue weighted by atomic mass is 19.5. The van der Waals surface area contributed by atoms with Crippen molar-refractivity contribution < 1.29 is 321 Å². The van der Waals surface area contributed by atoms with Gasteiger partial charge in [-0.2, -0.15) is 256 Å². The Hall–Kier alpha value is -6.09. The van der Waals surface area contributed by atoms with Crippen LogP contribution in [0.5, 0.6) is 0 Å². The van der Waals surface area contributed by atoms with Crippen LogP contribution >= 0.6 is 0 Å². The smallest absolute Gasteiger partial charge is 0.398 e. The molecule has 13 N–H and O–H groups in total. The Balaban J connectivity index is -0.000000156. The average molecular weight is 1920 g/mol. The number of aliphatic hydroxyl groups excluding tert-OH is 3. The number of ether oxygens (including phenoxy) is 8. The zero-order valence-corrected chi connectivity index (χ0v) is 53.8. The van der Waals surface area contributed by atoms with E-state index in [1.54, 1.807) is 25.5 Å². The van der Waals surface area contributed by atoms with Crippen LogP contribution in [0.3, 0.4) is 0 Å². The molecule has 0 rings (SSSR count). The SMILES string of the molecule is CCC(F)(F)C(F)OC(F)(F)C(F)(OC(F)(F)C(F)(F)C(F)(F)F)C(F)(F)F.CCO.CCO.CCO.FC(F)=C(F)OC(F)(F)C(F)(OC(F)(F)C(F)(F)C(F)(F)F)C(F)(F)F.N.N.N.N#CC(F)OC(F)(F)C(F)(OC(F)(F)C(F)(F)C(F)(F)F)C(F)(F)F.N=C(F)C(F)OC(F)(F)C(F)(OC(F)(F)C(F)(F)C(F)(F)F)C(F)(F)F. The molecule has 16 nitrogen and oxygen atoms in total. The van der Waals surface area contributed by atoms with Crippen LogP contribution in [0.1, 0.15) is 34.1 Å². The van der Waals surface area contributed by atoms with Gasteiger partial charge in [-0.3, -0.25) is 38.6 Å². The van der Waals surface area contributed by atoms with Gasteiger partial charge in [0.1, 0.15) is 6.07 Å². The number of halogens is 61. The molecule has 0 aromatic carbocycles. The van der Waals surface area contributed by atoms with Crippen LogP contribution < -0.4 is 18.5 Å². The second-order valence-corrected chi connectivity index (χ2v) is 17.7. The molecule has 0 amide bonds. The summed E-state index contributed by atoms with van der Waals surface area (Å²) in [7, 11) is 0. The minimum Gasteiger partial charge on any atom is -0.398 e. The predicted molar refractivity (Wildman–Crippen MR) is 240 cm³/mol. The number of aliphatic hydroxyl groups is 3. The molecule has 0 saturated carbocycles. The summed E-state index contributed by atoms with van der Waals surface area (Å²) < 4.78 is 771. The maximum Gasteiger partial charge on any atom is 0.471 e. The van der Waals surface area contributed by atoms with Crippen molar-refractivity contribution in [3.8, 4) is 6.07 Å². The Morgan fingerprint density at radius 2 is 0.487 bits per heavy atom. The van der Waals surface area contributed by atoms with Crippen molar-refractivity contribution in [1.82, 2.24) is 18.5 Å². The number of nitrogens with zero attached hydrogens (tertiary/aromatic N) is 1. The first-order valence-corrected chi connectivity index (χ1v) is 24.7. The molecule has 0 aromatic rings. The fraction of sp³-hybridized carbons (Fsp3) is 0.900. The number of alkyl halides is 57. The zero-order chi connectivity index (χ0) is 95.2. The number of hydrogen-bond donors (Lipinski definition) is 7. The molecule has 0 spiro atoms. The van der Waals surface area contributed by atoms with Crippen molar-refractivity contribution in [1.29, 1.82) is 10.7 Å². The van der Waals surface area contributed by atoms with Gasteiger partial charge in [0, 0.05) is 26.2 Å². The molecule has 117 heavy (non-hydrogen) atoms. The molecule has 0 radical (unpaired) electrons. The molecule has 0 aliphatic carbocycles. The summed E-state index contributed by atoms with van der Waals surface area (Å²) in [6, 6.07) is -4.02. The molecule has 0 fully saturated rings. The van der Waals surface area contributed by atoms with Crippen molar-refractivity contribution in [2.75, 3.05) is 19.8 Å². The zero-order valence-electron chi connectivity index (χ0n) is 53.8. The highest BCUT2D eigenvalue weighted by Gasteiger charge is 2.89. The molecule has 714 valence electrons. The van der Waals surface area contributed by atoms with Crippen molar-refractivity contribution in [3.63, 3.8) is 0 Å². The van der Waals surface area contributed by atoms with Crippen LogP contribution in [0.2, 0.25) is 0 Å². The second-order valence-electron chi connectivity index (χ2n) is 17.7. The number of nitrogens with one attached hydrogen (secondary N) is 1. The molecule has 0 heterocycles. The van der Waals surface area contributed by atoms with E-state index in [0.29, 0.717) is 6.92 Å². The van der Waals surface area contributed by atoms with E-state index >= 15 is 0 Å². The maximum absolute atomic E-state index is 13.5. The standard InChI is InChI=1S/C10H6F16O2.C8F16O2.C8H2F15NO2.C8HF14NO2.3C2H6O.3H3N/c1-2-4(12,13)3(11)27-10(25,26)6(16,8(20,21)22)28-9(23,24)5(14,15)7(17,18)19;9-1(10)2(11)25-8(23,24)4(14,6(18,19)20)26-7(21,22)3(12,13)5(15,16)17;9-1(24)2(10)25-8(22,23)4(13,6(17,18)19)26-7(20,21)3(11,12)5(14,15)16;9-2(1-23)24-8(21,22)4(12,6(16,17)18)25-7(19,20)3(10,11)5(13,14)15;3*1-2-3;;;/h3H,2H2,1H3;;2,24H;2H;3*3H,2H2,1H3;3*1H3. The normalized spacial score (nSPS) is 16.7. The summed E-state index contributed by atoms with van der Waals surface area (Å²) in [5.74, 6) is -69.0. The summed E-state index contributed by atoms with van der Waals surface area (Å²) in [5, 5.41) is 36.1. The van der Waals surface area contributed by atoms with E-state index in [1.807, 2.05) is 0 Å². The molecule has 7 atom stereocenters. The second kappa shape index (κ2) is 42.6. The van der Waals surface area contributed by atoms with E-state index in [-0.39, 0.29) is 44.3 Å². The van der Waals surface area contributed by atoms with Gasteiger partial charge in [-0.15, -0.1) is 0 Å². The third-order valence-electron chi connectivity index (χ3n) is 9.14. The van der Waals surface area contributed by atoms with Gasteiger partial charge in [0.25, 0.3) is 19.1 Å². The highest BCUT2D eigenvalue weighted by molar-refractivity contribution is 5.74. The number of nitriles is 1. The fourth-order valence-electron chi connectivity index (χ4n) is 3.91. The largest absolute Gasteiger partial charge is 0.471 e. The molecular weight excluding hydrogens is 1890 g/mol. The molecule has 0 aliphatic heterocycles. The molecule has 0 bridgehead atoms. The first kappa shape index (κ1) is 132. The monoisotopic (exact) mass is 1920 g/mol. The maximum atomic E-state index is 13.5. The van der Waals surface area contributed by atoms with Crippen LogP contribution in [0.15, 0.2) is 12.1 Å². The summed E-state index contributed by atoms with van der Waals surface area (Å²) in [6.07, 6.45) is -138. The van der Waals surface area contributed by atoms with Gasteiger partial charge >= 0.3 is 163 Å². The molecule has 0 saturated heterocycles. The van der Waals surface area contributed by atoms with Crippen molar-refractivity contribution >= 4 is 5.97 Å².